The second kappa shape index (κ2) is 5.23. The van der Waals surface area contributed by atoms with Gasteiger partial charge in [-0.15, -0.1) is 0 Å². The lowest BCUT2D eigenvalue weighted by atomic mass is 10.2. The lowest BCUT2D eigenvalue weighted by molar-refractivity contribution is -0.122. The smallest absolute Gasteiger partial charge is 0.290 e. The second-order valence-electron chi connectivity index (χ2n) is 2.76. The number of hydrogen-bond acceptors (Lipinski definition) is 2. The van der Waals surface area contributed by atoms with E-state index in [9.17, 15) is 0 Å². The predicted octanol–water partition coefficient (Wildman–Crippen LogP) is 0.659. The fraction of sp³-hybridized carbons (Fsp3) is 0.857. The largest absolute Gasteiger partial charge is 0.483 e. The molecule has 0 spiro atoms. The topological polar surface area (TPSA) is 40.5 Å². The Labute approximate surface area is 61.6 Å². The third kappa shape index (κ3) is 4.32. The van der Waals surface area contributed by atoms with Gasteiger partial charge in [-0.25, -0.2) is 0 Å². The summed E-state index contributed by atoms with van der Waals surface area (Å²) in [6.45, 7) is 4.67. The Morgan fingerprint density at radius 1 is 1.70 bits per heavy atom. The third-order valence-corrected chi connectivity index (χ3v) is 1.63. The Hall–Kier alpha value is -0.570. The Morgan fingerprint density at radius 2 is 2.20 bits per heavy atom. The first kappa shape index (κ1) is 9.43. The van der Waals surface area contributed by atoms with Crippen molar-refractivity contribution in [1.29, 1.82) is 0 Å². The van der Waals surface area contributed by atoms with Crippen LogP contribution in [0.25, 0.3) is 0 Å². The van der Waals surface area contributed by atoms with Gasteiger partial charge < -0.3 is 10.0 Å². The summed E-state index contributed by atoms with van der Waals surface area (Å²) in [6.07, 6.45) is 1.40. The Morgan fingerprint density at radius 3 is 2.30 bits per heavy atom. The molecule has 0 aromatic heterocycles. The number of likely N-dealkylation sites (tertiary alicyclic amines) is 1. The summed E-state index contributed by atoms with van der Waals surface area (Å²) >= 11 is 0. The van der Waals surface area contributed by atoms with Crippen LogP contribution in [0.2, 0.25) is 0 Å². The van der Waals surface area contributed by atoms with Gasteiger partial charge >= 0.3 is 0 Å². The highest BCUT2D eigenvalue weighted by molar-refractivity contribution is 5.32. The summed E-state index contributed by atoms with van der Waals surface area (Å²) in [5, 5.41) is 6.89. The summed E-state index contributed by atoms with van der Waals surface area (Å²) in [6, 6.07) is 0. The highest BCUT2D eigenvalue weighted by Crippen LogP contribution is 2.11. The maximum Gasteiger partial charge on any atom is 0.290 e. The standard InChI is InChI=1S/C6H13N.CH2O2/c1-6-3-4-7(2)5-6;2-1-3/h6H,3-5H2,1-2H3;1H,(H,2,3). The molecule has 10 heavy (non-hydrogen) atoms. The molecule has 3 nitrogen and oxygen atoms in total. The summed E-state index contributed by atoms with van der Waals surface area (Å²) < 4.78 is 0. The minimum absolute atomic E-state index is 0.250. The average Bonchev–Trinajstić information content (AvgIpc) is 2.17. The van der Waals surface area contributed by atoms with Gasteiger partial charge in [-0.3, -0.25) is 4.79 Å². The summed E-state index contributed by atoms with van der Waals surface area (Å²) in [4.78, 5) is 10.7. The SMILES string of the molecule is CC1CCN(C)C1.O=CO. The highest BCUT2D eigenvalue weighted by atomic mass is 16.3. The van der Waals surface area contributed by atoms with Crippen LogP contribution < -0.4 is 0 Å². The lowest BCUT2D eigenvalue weighted by Gasteiger charge is -2.03. The zero-order chi connectivity index (χ0) is 7.98. The molecule has 1 fully saturated rings. The van der Waals surface area contributed by atoms with Crippen molar-refractivity contribution in [2.45, 2.75) is 13.3 Å². The van der Waals surface area contributed by atoms with Gasteiger partial charge in [-0.05, 0) is 25.9 Å². The molecule has 0 aromatic rings. The minimum Gasteiger partial charge on any atom is -0.483 e. The van der Waals surface area contributed by atoms with E-state index in [4.69, 9.17) is 9.90 Å². The van der Waals surface area contributed by atoms with Crippen LogP contribution in [-0.2, 0) is 4.79 Å². The number of carboxylic acid groups (broad SMARTS) is 1. The van der Waals surface area contributed by atoms with E-state index in [0.29, 0.717) is 0 Å². The molecular weight excluding hydrogens is 130 g/mol. The van der Waals surface area contributed by atoms with Crippen LogP contribution in [0.1, 0.15) is 13.3 Å². The molecular formula is C7H15NO2. The van der Waals surface area contributed by atoms with E-state index in [1.54, 1.807) is 0 Å². The van der Waals surface area contributed by atoms with Crippen molar-refractivity contribution in [2.75, 3.05) is 20.1 Å². The van der Waals surface area contributed by atoms with Gasteiger partial charge in [0, 0.05) is 6.54 Å². The maximum absolute atomic E-state index is 8.36. The Kier molecular flexibility index (Phi) is 4.94. The number of hydrogen-bond donors (Lipinski definition) is 1. The quantitative estimate of drug-likeness (QED) is 0.509. The van der Waals surface area contributed by atoms with Crippen molar-refractivity contribution >= 4 is 6.47 Å². The van der Waals surface area contributed by atoms with E-state index in [1.165, 1.54) is 19.5 Å². The van der Waals surface area contributed by atoms with E-state index >= 15 is 0 Å². The average molecular weight is 145 g/mol. The second-order valence-corrected chi connectivity index (χ2v) is 2.76. The molecule has 1 heterocycles. The predicted molar refractivity (Wildman–Crippen MR) is 40.0 cm³/mol. The van der Waals surface area contributed by atoms with Crippen molar-refractivity contribution in [3.05, 3.63) is 0 Å². The van der Waals surface area contributed by atoms with Crippen molar-refractivity contribution in [3.63, 3.8) is 0 Å². The van der Waals surface area contributed by atoms with Gasteiger partial charge in [0.05, 0.1) is 0 Å². The molecule has 0 aliphatic carbocycles. The molecule has 0 bridgehead atoms. The van der Waals surface area contributed by atoms with Crippen molar-refractivity contribution in [2.24, 2.45) is 5.92 Å². The minimum atomic E-state index is -0.250. The molecule has 0 saturated carbocycles. The summed E-state index contributed by atoms with van der Waals surface area (Å²) in [7, 11) is 2.18. The Balaban J connectivity index is 0.000000236. The van der Waals surface area contributed by atoms with Crippen LogP contribution in [0.3, 0.4) is 0 Å². The molecule has 3 heteroatoms. The molecule has 1 aliphatic heterocycles. The van der Waals surface area contributed by atoms with Crippen molar-refractivity contribution in [3.8, 4) is 0 Å². The summed E-state index contributed by atoms with van der Waals surface area (Å²) in [5.74, 6) is 0.949. The normalized spacial score (nSPS) is 25.2. The van der Waals surface area contributed by atoms with Gasteiger partial charge in [0.2, 0.25) is 0 Å². The molecule has 0 aromatic carbocycles. The fourth-order valence-corrected chi connectivity index (χ4v) is 1.16. The van der Waals surface area contributed by atoms with Gasteiger partial charge in [0.1, 0.15) is 0 Å². The summed E-state index contributed by atoms with van der Waals surface area (Å²) in [5.41, 5.74) is 0. The molecule has 1 aliphatic rings. The highest BCUT2D eigenvalue weighted by Gasteiger charge is 2.13. The molecule has 60 valence electrons. The van der Waals surface area contributed by atoms with E-state index in [2.05, 4.69) is 18.9 Å². The molecule has 1 atom stereocenters. The fourth-order valence-electron chi connectivity index (χ4n) is 1.16. The number of carbonyl (C=O) groups is 1. The molecule has 1 rings (SSSR count). The van der Waals surface area contributed by atoms with Gasteiger partial charge in [0.15, 0.2) is 0 Å². The third-order valence-electron chi connectivity index (χ3n) is 1.63. The lowest BCUT2D eigenvalue weighted by Crippen LogP contribution is -2.12. The van der Waals surface area contributed by atoms with Crippen molar-refractivity contribution < 1.29 is 9.90 Å². The van der Waals surface area contributed by atoms with Crippen LogP contribution in [0, 0.1) is 5.92 Å². The van der Waals surface area contributed by atoms with E-state index in [0.717, 1.165) is 5.92 Å². The van der Waals surface area contributed by atoms with E-state index in [-0.39, 0.29) is 6.47 Å². The zero-order valence-corrected chi connectivity index (χ0v) is 6.58. The van der Waals surface area contributed by atoms with Crippen LogP contribution in [-0.4, -0.2) is 36.6 Å². The van der Waals surface area contributed by atoms with Crippen LogP contribution >= 0.6 is 0 Å². The van der Waals surface area contributed by atoms with Crippen LogP contribution in [0.4, 0.5) is 0 Å². The molecule has 1 saturated heterocycles. The van der Waals surface area contributed by atoms with Crippen LogP contribution in [0.5, 0.6) is 0 Å². The molecule has 1 unspecified atom stereocenters. The molecule has 1 N–H and O–H groups in total. The monoisotopic (exact) mass is 145 g/mol. The van der Waals surface area contributed by atoms with E-state index in [1.807, 2.05) is 0 Å². The molecule has 0 radical (unpaired) electrons. The van der Waals surface area contributed by atoms with Gasteiger partial charge in [-0.2, -0.15) is 0 Å². The van der Waals surface area contributed by atoms with E-state index < -0.39 is 0 Å². The first-order valence-corrected chi connectivity index (χ1v) is 3.47. The molecule has 0 amide bonds. The number of nitrogens with zero attached hydrogens (tertiary/aromatic N) is 1. The Bertz CT molecular complexity index is 87.6. The zero-order valence-electron chi connectivity index (χ0n) is 6.58. The van der Waals surface area contributed by atoms with Crippen molar-refractivity contribution in [1.82, 2.24) is 4.90 Å². The van der Waals surface area contributed by atoms with Gasteiger partial charge in [0.25, 0.3) is 6.47 Å². The first-order chi connectivity index (χ1) is 4.70. The van der Waals surface area contributed by atoms with Crippen LogP contribution in [0.15, 0.2) is 0 Å². The maximum atomic E-state index is 8.36. The number of rotatable bonds is 0. The van der Waals surface area contributed by atoms with Gasteiger partial charge in [-0.1, -0.05) is 6.92 Å². The first-order valence-electron chi connectivity index (χ1n) is 3.47.